The molecule has 168 valence electrons. The Bertz CT molecular complexity index is 1270. The van der Waals surface area contributed by atoms with E-state index in [0.717, 1.165) is 12.1 Å². The monoisotopic (exact) mass is 477 g/mol. The van der Waals surface area contributed by atoms with Crippen LogP contribution in [0.1, 0.15) is 23.2 Å². The van der Waals surface area contributed by atoms with Gasteiger partial charge in [0, 0.05) is 13.1 Å². The molecule has 2 heterocycles. The Morgan fingerprint density at radius 1 is 1.22 bits per heavy atom. The van der Waals surface area contributed by atoms with Crippen LogP contribution in [0.3, 0.4) is 0 Å². The van der Waals surface area contributed by atoms with Crippen LogP contribution in [-0.4, -0.2) is 49.8 Å². The van der Waals surface area contributed by atoms with E-state index in [0.29, 0.717) is 40.3 Å². The number of sulfonamides is 1. The molecule has 1 aromatic heterocycles. The lowest BCUT2D eigenvalue weighted by molar-refractivity contribution is -0.120. The van der Waals surface area contributed by atoms with E-state index >= 15 is 0 Å². The number of thiazole rings is 1. The van der Waals surface area contributed by atoms with Crippen molar-refractivity contribution in [2.24, 2.45) is 5.92 Å². The lowest BCUT2D eigenvalue weighted by Crippen LogP contribution is -2.43. The highest BCUT2D eigenvalue weighted by atomic mass is 32.2. The highest BCUT2D eigenvalue weighted by Crippen LogP contribution is 2.29. The molecule has 1 fully saturated rings. The second-order valence-electron chi connectivity index (χ2n) is 7.34. The van der Waals surface area contributed by atoms with Crippen LogP contribution in [-0.2, 0) is 19.6 Å². The molecule has 2 aromatic carbocycles. The number of benzene rings is 2. The van der Waals surface area contributed by atoms with Crippen LogP contribution >= 0.6 is 11.3 Å². The Hall–Kier alpha value is -2.89. The normalized spacial score (nSPS) is 17.2. The lowest BCUT2D eigenvalue weighted by Gasteiger charge is -2.31. The highest BCUT2D eigenvalue weighted by Gasteiger charge is 2.33. The van der Waals surface area contributed by atoms with Gasteiger partial charge in [0.05, 0.1) is 33.7 Å². The van der Waals surface area contributed by atoms with Crippen LogP contribution in [0.2, 0.25) is 0 Å². The van der Waals surface area contributed by atoms with Gasteiger partial charge in [0.2, 0.25) is 15.9 Å². The number of carbonyl (C=O) groups is 2. The third-order valence-electron chi connectivity index (χ3n) is 5.25. The highest BCUT2D eigenvalue weighted by molar-refractivity contribution is 7.89. The van der Waals surface area contributed by atoms with Gasteiger partial charge in [-0.25, -0.2) is 22.6 Å². The maximum absolute atomic E-state index is 13.2. The number of aromatic nitrogens is 1. The van der Waals surface area contributed by atoms with Crippen molar-refractivity contribution in [1.29, 1.82) is 0 Å². The van der Waals surface area contributed by atoms with Gasteiger partial charge in [-0.15, -0.1) is 0 Å². The quantitative estimate of drug-likeness (QED) is 0.566. The number of esters is 1. The van der Waals surface area contributed by atoms with Gasteiger partial charge in [-0.05, 0) is 55.3 Å². The van der Waals surface area contributed by atoms with E-state index in [2.05, 4.69) is 10.3 Å². The maximum Gasteiger partial charge on any atom is 0.337 e. The number of halogens is 1. The first-order valence-electron chi connectivity index (χ1n) is 9.83. The van der Waals surface area contributed by atoms with Crippen LogP contribution < -0.4 is 5.32 Å². The van der Waals surface area contributed by atoms with Crippen LogP contribution in [0.4, 0.5) is 9.52 Å². The van der Waals surface area contributed by atoms with Gasteiger partial charge in [0.25, 0.3) is 0 Å². The van der Waals surface area contributed by atoms with Crippen molar-refractivity contribution in [3.8, 4) is 0 Å². The number of amides is 1. The molecule has 8 nitrogen and oxygen atoms in total. The molecule has 11 heteroatoms. The second-order valence-corrected chi connectivity index (χ2v) is 10.3. The minimum Gasteiger partial charge on any atom is -0.465 e. The number of nitrogens with one attached hydrogen (secondary N) is 1. The number of rotatable bonds is 5. The van der Waals surface area contributed by atoms with E-state index in [9.17, 15) is 22.4 Å². The Morgan fingerprint density at radius 3 is 2.69 bits per heavy atom. The Kier molecular flexibility index (Phi) is 6.22. The summed E-state index contributed by atoms with van der Waals surface area (Å²) in [5, 5.41) is 3.13. The second kappa shape index (κ2) is 8.93. The number of piperidine rings is 1. The van der Waals surface area contributed by atoms with Gasteiger partial charge in [0.1, 0.15) is 5.82 Å². The van der Waals surface area contributed by atoms with Crippen LogP contribution in [0, 0.1) is 11.7 Å². The summed E-state index contributed by atoms with van der Waals surface area (Å²) in [4.78, 5) is 28.9. The average Bonchev–Trinajstić information content (AvgIpc) is 3.20. The fraction of sp³-hybridized carbons (Fsp3) is 0.286. The van der Waals surface area contributed by atoms with Crippen LogP contribution in [0.25, 0.3) is 10.2 Å². The first-order valence-corrected chi connectivity index (χ1v) is 12.1. The van der Waals surface area contributed by atoms with Crippen molar-refractivity contribution in [3.63, 3.8) is 0 Å². The first-order chi connectivity index (χ1) is 15.3. The Labute approximate surface area is 188 Å². The number of nitrogens with zero attached hydrogens (tertiary/aromatic N) is 2. The molecular formula is C21H20FN3O5S2. The number of fused-ring (bicyclic) bond motifs is 1. The first kappa shape index (κ1) is 22.3. The molecule has 0 saturated carbocycles. The third kappa shape index (κ3) is 4.50. The van der Waals surface area contributed by atoms with Crippen molar-refractivity contribution in [3.05, 3.63) is 53.8 Å². The number of hydrogen-bond donors (Lipinski definition) is 1. The topological polar surface area (TPSA) is 106 Å². The molecule has 1 amide bonds. The number of carbonyl (C=O) groups excluding carboxylic acids is 2. The fourth-order valence-corrected chi connectivity index (χ4v) is 5.99. The van der Waals surface area contributed by atoms with E-state index in [1.807, 2.05) is 0 Å². The number of anilines is 1. The van der Waals surface area contributed by atoms with E-state index in [4.69, 9.17) is 4.74 Å². The minimum atomic E-state index is -3.82. The van der Waals surface area contributed by atoms with Crippen molar-refractivity contribution < 1.29 is 27.1 Å². The van der Waals surface area contributed by atoms with Gasteiger partial charge in [0.15, 0.2) is 5.13 Å². The molecule has 1 N–H and O–H groups in total. The van der Waals surface area contributed by atoms with Gasteiger partial charge in [-0.2, -0.15) is 4.31 Å². The predicted octanol–water partition coefficient (Wildman–Crippen LogP) is 3.26. The number of methoxy groups -OCH3 is 1. The third-order valence-corrected chi connectivity index (χ3v) is 8.06. The van der Waals surface area contributed by atoms with E-state index in [1.165, 1.54) is 34.9 Å². The van der Waals surface area contributed by atoms with Crippen molar-refractivity contribution in [1.82, 2.24) is 9.29 Å². The summed E-state index contributed by atoms with van der Waals surface area (Å²) in [5.74, 6) is -1.85. The number of hydrogen-bond acceptors (Lipinski definition) is 7. The Morgan fingerprint density at radius 2 is 1.97 bits per heavy atom. The SMILES string of the molecule is COC(=O)c1ccc2nc(NC(=O)C3CCCN(S(=O)(=O)c4ccc(F)cc4)C3)sc2c1. The molecule has 1 aliphatic rings. The molecule has 1 aliphatic heterocycles. The Balaban J connectivity index is 1.47. The van der Waals surface area contributed by atoms with Crippen LogP contribution in [0.5, 0.6) is 0 Å². The summed E-state index contributed by atoms with van der Waals surface area (Å²) in [6.07, 6.45) is 1.07. The van der Waals surface area contributed by atoms with Crippen molar-refractivity contribution in [2.45, 2.75) is 17.7 Å². The summed E-state index contributed by atoms with van der Waals surface area (Å²) < 4.78 is 45.6. The minimum absolute atomic E-state index is 0.00691. The molecule has 0 radical (unpaired) electrons. The molecule has 1 saturated heterocycles. The van der Waals surface area contributed by atoms with Crippen molar-refractivity contribution >= 4 is 48.6 Å². The summed E-state index contributed by atoms with van der Waals surface area (Å²) >= 11 is 1.22. The van der Waals surface area contributed by atoms with Crippen LogP contribution in [0.15, 0.2) is 47.4 Å². The van der Waals surface area contributed by atoms with Crippen molar-refractivity contribution in [2.75, 3.05) is 25.5 Å². The molecule has 3 aromatic rings. The predicted molar refractivity (Wildman–Crippen MR) is 117 cm³/mol. The summed E-state index contributed by atoms with van der Waals surface area (Å²) in [7, 11) is -2.52. The molecule has 0 aliphatic carbocycles. The molecular weight excluding hydrogens is 457 g/mol. The largest absolute Gasteiger partial charge is 0.465 e. The van der Waals surface area contributed by atoms with E-state index in [1.54, 1.807) is 18.2 Å². The molecule has 32 heavy (non-hydrogen) atoms. The number of ether oxygens (including phenoxy) is 1. The summed E-state index contributed by atoms with van der Waals surface area (Å²) in [5.41, 5.74) is 1.01. The molecule has 0 bridgehead atoms. The molecule has 1 atom stereocenters. The zero-order valence-electron chi connectivity index (χ0n) is 17.1. The maximum atomic E-state index is 13.2. The van der Waals surface area contributed by atoms with E-state index < -0.39 is 27.7 Å². The fourth-order valence-electron chi connectivity index (χ4n) is 3.56. The molecule has 1 unspecified atom stereocenters. The van der Waals surface area contributed by atoms with Gasteiger partial charge < -0.3 is 10.1 Å². The summed E-state index contributed by atoms with van der Waals surface area (Å²) in [6, 6.07) is 9.55. The van der Waals surface area contributed by atoms with Gasteiger partial charge in [-0.3, -0.25) is 4.79 Å². The molecule has 0 spiro atoms. The smallest absolute Gasteiger partial charge is 0.337 e. The average molecular weight is 478 g/mol. The van der Waals surface area contributed by atoms with Gasteiger partial charge in [-0.1, -0.05) is 11.3 Å². The molecule has 4 rings (SSSR count). The zero-order valence-corrected chi connectivity index (χ0v) is 18.7. The zero-order chi connectivity index (χ0) is 22.9. The standard InChI is InChI=1S/C21H20FN3O5S2/c1-30-20(27)13-4-9-17-18(11-13)31-21(23-17)24-19(26)14-3-2-10-25(12-14)32(28,29)16-7-5-15(22)6-8-16/h4-9,11,14H,2-3,10,12H2,1H3,(H,23,24,26). The van der Waals surface area contributed by atoms with E-state index in [-0.39, 0.29) is 17.3 Å². The summed E-state index contributed by atoms with van der Waals surface area (Å²) in [6.45, 7) is 0.323. The lowest BCUT2D eigenvalue weighted by atomic mass is 9.99. The van der Waals surface area contributed by atoms with Gasteiger partial charge >= 0.3 is 5.97 Å².